The van der Waals surface area contributed by atoms with Gasteiger partial charge in [-0.3, -0.25) is 29.5 Å². The number of benzene rings is 3. The number of nitrogens with zero attached hydrogens (tertiary/aromatic N) is 4. The van der Waals surface area contributed by atoms with E-state index in [0.29, 0.717) is 65.4 Å². The van der Waals surface area contributed by atoms with Crippen molar-refractivity contribution in [1.29, 1.82) is 0 Å². The average molecular weight is 863 g/mol. The molecule has 4 heterocycles. The van der Waals surface area contributed by atoms with Gasteiger partial charge in [-0.2, -0.15) is 18.2 Å². The second-order valence-electron chi connectivity index (χ2n) is 15.4. The van der Waals surface area contributed by atoms with E-state index < -0.39 is 81.2 Å². The van der Waals surface area contributed by atoms with Crippen LogP contribution in [-0.2, 0) is 35.5 Å². The number of halogens is 5. The molecule has 4 amide bonds. The third-order valence-corrected chi connectivity index (χ3v) is 13.1. The fourth-order valence-corrected chi connectivity index (χ4v) is 10.3. The number of morpholine rings is 1. The van der Waals surface area contributed by atoms with Gasteiger partial charge in [0.1, 0.15) is 11.5 Å². The highest BCUT2D eigenvalue weighted by atomic mass is 35.5. The molecule has 17 heteroatoms. The van der Waals surface area contributed by atoms with E-state index >= 15 is 4.79 Å². The molecule has 0 unspecified atom stereocenters. The van der Waals surface area contributed by atoms with Crippen molar-refractivity contribution in [2.75, 3.05) is 48.6 Å². The Hall–Kier alpha value is -5.64. The number of methoxy groups -OCH3 is 1. The van der Waals surface area contributed by atoms with Gasteiger partial charge in [-0.1, -0.05) is 53.1 Å². The number of alkyl halides is 3. The summed E-state index contributed by atoms with van der Waals surface area (Å²) in [6, 6.07) is 18.7. The lowest BCUT2D eigenvalue weighted by atomic mass is 9.49. The maximum atomic E-state index is 15.5. The summed E-state index contributed by atoms with van der Waals surface area (Å²) in [5.41, 5.74) is 1.96. The lowest BCUT2D eigenvalue weighted by Crippen LogP contribution is -2.53. The number of aromatic nitrogens is 1. The Morgan fingerprint density at radius 3 is 2.28 bits per heavy atom. The number of ether oxygens (including phenoxy) is 2. The third kappa shape index (κ3) is 6.11. The van der Waals surface area contributed by atoms with Crippen LogP contribution in [0.3, 0.4) is 0 Å². The van der Waals surface area contributed by atoms with Crippen molar-refractivity contribution >= 4 is 64.0 Å². The number of allylic oxidation sites excluding steroid dienone is 2. The summed E-state index contributed by atoms with van der Waals surface area (Å²) in [5, 5.41) is 12.3. The van der Waals surface area contributed by atoms with Crippen LogP contribution in [0.2, 0.25) is 10.0 Å². The number of phenolic OH excluding ortho intramolecular Hbond substituents is 1. The highest BCUT2D eigenvalue weighted by Crippen LogP contribution is 2.66. The molecule has 0 radical (unpaired) electrons. The third-order valence-electron chi connectivity index (χ3n) is 12.6. The molecule has 2 N–H and O–H groups in total. The Morgan fingerprint density at radius 1 is 0.917 bits per heavy atom. The van der Waals surface area contributed by atoms with Crippen LogP contribution in [0.1, 0.15) is 35.4 Å². The number of phenols is 1. The van der Waals surface area contributed by atoms with Crippen molar-refractivity contribution in [3.05, 3.63) is 117 Å². The lowest BCUT2D eigenvalue weighted by molar-refractivity contribution is -0.139. The van der Waals surface area contributed by atoms with Crippen molar-refractivity contribution in [1.82, 2.24) is 9.99 Å². The van der Waals surface area contributed by atoms with Gasteiger partial charge in [0.25, 0.3) is 11.8 Å². The van der Waals surface area contributed by atoms with E-state index in [1.165, 1.54) is 18.1 Å². The van der Waals surface area contributed by atoms with Crippen molar-refractivity contribution in [2.45, 2.75) is 30.4 Å². The van der Waals surface area contributed by atoms with Crippen molar-refractivity contribution < 1.29 is 46.9 Å². The van der Waals surface area contributed by atoms with Crippen LogP contribution in [0.5, 0.6) is 11.5 Å². The molecule has 3 saturated heterocycles. The van der Waals surface area contributed by atoms with Crippen LogP contribution >= 0.6 is 23.2 Å². The first-order valence-corrected chi connectivity index (χ1v) is 20.0. The lowest BCUT2D eigenvalue weighted by Gasteiger charge is -2.50. The van der Waals surface area contributed by atoms with E-state index in [-0.39, 0.29) is 29.9 Å². The number of fused-ring (bicyclic) bond motifs is 4. The summed E-state index contributed by atoms with van der Waals surface area (Å²) >= 11 is 12.7. The zero-order valence-corrected chi connectivity index (χ0v) is 33.3. The number of imide groups is 2. The maximum absolute atomic E-state index is 15.5. The maximum Gasteiger partial charge on any atom is 0.417 e. The number of carbonyl (C=O) groups is 4. The summed E-state index contributed by atoms with van der Waals surface area (Å²) in [6.07, 6.45) is -2.39. The first kappa shape index (κ1) is 39.8. The molecule has 9 rings (SSSR count). The number of nitrogens with one attached hydrogen (secondary N) is 1. The molecule has 310 valence electrons. The molecule has 2 aliphatic carbocycles. The van der Waals surface area contributed by atoms with Gasteiger partial charge in [0.2, 0.25) is 11.8 Å². The van der Waals surface area contributed by atoms with Crippen LogP contribution in [0, 0.1) is 23.7 Å². The van der Waals surface area contributed by atoms with E-state index in [0.717, 1.165) is 5.69 Å². The van der Waals surface area contributed by atoms with E-state index in [1.54, 1.807) is 48.5 Å². The minimum Gasteiger partial charge on any atom is -0.508 e. The topological polar surface area (TPSA) is 142 Å². The van der Waals surface area contributed by atoms with Gasteiger partial charge in [0, 0.05) is 41.5 Å². The molecular weight excluding hydrogens is 826 g/mol. The smallest absolute Gasteiger partial charge is 0.417 e. The minimum absolute atomic E-state index is 0.0954. The van der Waals surface area contributed by atoms with Gasteiger partial charge in [-0.15, -0.1) is 0 Å². The van der Waals surface area contributed by atoms with Crippen molar-refractivity contribution in [3.8, 4) is 11.5 Å². The normalized spacial score (nSPS) is 26.5. The van der Waals surface area contributed by atoms with Crippen LogP contribution < -0.4 is 20.0 Å². The molecule has 5 aliphatic rings. The Kier molecular flexibility index (Phi) is 9.83. The largest absolute Gasteiger partial charge is 0.508 e. The standard InChI is InChI=1S/C43H36Cl2F3N5O7/c1-59-33-4-2-3-32(54)35(33)36-27-13-14-28-34(40(57)52(38(28)55)26-11-9-25(10-12-26)51-15-17-60-18-16-51)29(27)20-30-39(56)53(41(58)42(30,36)22-5-7-24(44)8-6-22)50-37-31(45)19-23(21-49-37)43(46,47)48/h2-13,19,21,28-30,34,36,54H,14-18,20H2,1H3,(H,49,50)/t28-,29+,30-,34-,36+,42+/m0/s1. The minimum atomic E-state index is -4.77. The first-order valence-electron chi connectivity index (χ1n) is 19.3. The molecule has 3 aliphatic heterocycles. The number of hydrogen-bond acceptors (Lipinski definition) is 10. The van der Waals surface area contributed by atoms with E-state index in [4.69, 9.17) is 32.7 Å². The molecule has 6 atom stereocenters. The molecule has 0 spiro atoms. The van der Waals surface area contributed by atoms with E-state index in [1.807, 2.05) is 18.2 Å². The van der Waals surface area contributed by atoms with Gasteiger partial charge < -0.3 is 19.5 Å². The molecule has 3 aromatic carbocycles. The fraction of sp³-hybridized carbons (Fsp3) is 0.326. The average Bonchev–Trinajstić information content (AvgIpc) is 3.62. The molecule has 1 aromatic heterocycles. The number of amides is 4. The van der Waals surface area contributed by atoms with Crippen LogP contribution in [0.25, 0.3) is 0 Å². The van der Waals surface area contributed by atoms with E-state index in [2.05, 4.69) is 15.3 Å². The van der Waals surface area contributed by atoms with Gasteiger partial charge in [0.15, 0.2) is 5.82 Å². The van der Waals surface area contributed by atoms with Gasteiger partial charge in [0.05, 0.1) is 59.8 Å². The number of hydrogen-bond donors (Lipinski definition) is 2. The van der Waals surface area contributed by atoms with Crippen LogP contribution in [-0.4, -0.2) is 72.1 Å². The number of hydrazine groups is 1. The summed E-state index contributed by atoms with van der Waals surface area (Å²) < 4.78 is 51.9. The highest BCUT2D eigenvalue weighted by molar-refractivity contribution is 6.33. The van der Waals surface area contributed by atoms with Gasteiger partial charge in [-0.05, 0) is 78.9 Å². The van der Waals surface area contributed by atoms with E-state index in [9.17, 15) is 32.7 Å². The summed E-state index contributed by atoms with van der Waals surface area (Å²) in [7, 11) is 1.39. The predicted molar refractivity (Wildman–Crippen MR) is 213 cm³/mol. The first-order chi connectivity index (χ1) is 28.7. The fourth-order valence-electron chi connectivity index (χ4n) is 9.99. The predicted octanol–water partition coefficient (Wildman–Crippen LogP) is 7.15. The van der Waals surface area contributed by atoms with Gasteiger partial charge >= 0.3 is 6.18 Å². The summed E-state index contributed by atoms with van der Waals surface area (Å²) in [6.45, 7) is 2.57. The number of rotatable bonds is 7. The van der Waals surface area contributed by atoms with Crippen LogP contribution in [0.15, 0.2) is 90.6 Å². The quantitative estimate of drug-likeness (QED) is 0.146. The second kappa shape index (κ2) is 14.8. The summed E-state index contributed by atoms with van der Waals surface area (Å²) in [4.78, 5) is 66.7. The number of anilines is 3. The number of aromatic hydroxyl groups is 1. The Bertz CT molecular complexity index is 2460. The second-order valence-corrected chi connectivity index (χ2v) is 16.3. The molecule has 0 bridgehead atoms. The van der Waals surface area contributed by atoms with Crippen molar-refractivity contribution in [3.63, 3.8) is 0 Å². The molecule has 12 nitrogen and oxygen atoms in total. The Morgan fingerprint density at radius 2 is 1.62 bits per heavy atom. The number of pyridine rings is 1. The Labute approximate surface area is 351 Å². The van der Waals surface area contributed by atoms with Crippen molar-refractivity contribution in [2.24, 2.45) is 23.7 Å². The van der Waals surface area contributed by atoms with Gasteiger partial charge in [-0.25, -0.2) is 4.98 Å². The molecule has 4 aromatic rings. The SMILES string of the molecule is COc1cccc(O)c1[C@H]1C2=CC[C@@H]3C(=O)N(c4ccc(N5CCOCC5)cc4)C(=O)[C@@H]3[C@@H]2C[C@H]2C(=O)N(Nc3ncc(C(F)(F)F)cc3Cl)C(=O)[C@@]12c1ccc(Cl)cc1. The Balaban J connectivity index is 1.18. The molecular formula is C43H36Cl2F3N5O7. The van der Waals surface area contributed by atoms with Crippen LogP contribution in [0.4, 0.5) is 30.4 Å². The molecule has 60 heavy (non-hydrogen) atoms. The zero-order chi connectivity index (χ0) is 42.2. The highest BCUT2D eigenvalue weighted by Gasteiger charge is 2.71. The number of carbonyl (C=O) groups excluding carboxylic acids is 4. The zero-order valence-electron chi connectivity index (χ0n) is 31.8. The summed E-state index contributed by atoms with van der Waals surface area (Å²) in [5.74, 6) is -7.93. The molecule has 1 saturated carbocycles. The monoisotopic (exact) mass is 861 g/mol. The molecule has 4 fully saturated rings.